The molecule has 1 aromatic heterocycles. The molecule has 7 nitrogen and oxygen atoms in total. The van der Waals surface area contributed by atoms with Gasteiger partial charge in [0.05, 0.1) is 29.8 Å². The largest absolute Gasteiger partial charge is 0.365 e. The van der Waals surface area contributed by atoms with E-state index in [4.69, 9.17) is 4.74 Å². The lowest BCUT2D eigenvalue weighted by Crippen LogP contribution is -2.55. The van der Waals surface area contributed by atoms with Gasteiger partial charge in [-0.3, -0.25) is 9.78 Å². The number of amides is 1. The fourth-order valence-corrected chi connectivity index (χ4v) is 3.88. The SMILES string of the molecule is CC1CN(c2ccc(C#N)c3ncccc23)C[C@H](C(=O)N[C@H]2CNC[C@H]2F)O1. The number of pyridine rings is 1. The maximum atomic E-state index is 13.8. The molecular formula is C20H22FN5O2. The fraction of sp³-hybridized carbons (Fsp3) is 0.450. The lowest BCUT2D eigenvalue weighted by atomic mass is 10.1. The molecule has 2 saturated heterocycles. The first kappa shape index (κ1) is 18.6. The molecular weight excluding hydrogens is 361 g/mol. The van der Waals surface area contributed by atoms with Gasteiger partial charge in [0.1, 0.15) is 12.2 Å². The number of fused-ring (bicyclic) bond motifs is 1. The van der Waals surface area contributed by atoms with Crippen molar-refractivity contribution in [3.8, 4) is 6.07 Å². The average molecular weight is 383 g/mol. The predicted molar refractivity (Wildman–Crippen MR) is 103 cm³/mol. The number of carbonyl (C=O) groups excluding carboxylic acids is 1. The van der Waals surface area contributed by atoms with Crippen molar-refractivity contribution in [2.24, 2.45) is 0 Å². The molecule has 2 aliphatic heterocycles. The van der Waals surface area contributed by atoms with Crippen LogP contribution in [-0.4, -0.2) is 61.5 Å². The van der Waals surface area contributed by atoms with Crippen molar-refractivity contribution in [1.29, 1.82) is 5.26 Å². The number of morpholine rings is 1. The minimum atomic E-state index is -1.09. The van der Waals surface area contributed by atoms with E-state index in [0.717, 1.165) is 11.1 Å². The average Bonchev–Trinajstić information content (AvgIpc) is 3.11. The number of aromatic nitrogens is 1. The van der Waals surface area contributed by atoms with E-state index >= 15 is 0 Å². The predicted octanol–water partition coefficient (Wildman–Crippen LogP) is 1.13. The number of rotatable bonds is 3. The second-order valence-electron chi connectivity index (χ2n) is 7.27. The molecule has 1 aromatic carbocycles. The molecule has 0 spiro atoms. The van der Waals surface area contributed by atoms with Crippen molar-refractivity contribution in [2.75, 3.05) is 31.1 Å². The van der Waals surface area contributed by atoms with Crippen molar-refractivity contribution in [3.63, 3.8) is 0 Å². The minimum absolute atomic E-state index is 0.172. The molecule has 146 valence electrons. The summed E-state index contributed by atoms with van der Waals surface area (Å²) < 4.78 is 19.7. The Hall–Kier alpha value is -2.76. The second-order valence-corrected chi connectivity index (χ2v) is 7.27. The first-order valence-corrected chi connectivity index (χ1v) is 9.40. The maximum absolute atomic E-state index is 13.8. The molecule has 2 fully saturated rings. The van der Waals surface area contributed by atoms with Gasteiger partial charge in [0.25, 0.3) is 5.91 Å². The number of hydrogen-bond donors (Lipinski definition) is 2. The lowest BCUT2D eigenvalue weighted by molar-refractivity contribution is -0.138. The zero-order valence-electron chi connectivity index (χ0n) is 15.6. The van der Waals surface area contributed by atoms with Crippen molar-refractivity contribution >= 4 is 22.5 Å². The summed E-state index contributed by atoms with van der Waals surface area (Å²) in [4.78, 5) is 19.1. The van der Waals surface area contributed by atoms with Crippen LogP contribution in [0.3, 0.4) is 0 Å². The van der Waals surface area contributed by atoms with Gasteiger partial charge >= 0.3 is 0 Å². The van der Waals surface area contributed by atoms with Crippen molar-refractivity contribution in [1.82, 2.24) is 15.6 Å². The van der Waals surface area contributed by atoms with Crippen LogP contribution in [0.4, 0.5) is 10.1 Å². The first-order chi connectivity index (χ1) is 13.6. The van der Waals surface area contributed by atoms with Crippen LogP contribution in [0.2, 0.25) is 0 Å². The molecule has 8 heteroatoms. The quantitative estimate of drug-likeness (QED) is 0.826. The monoisotopic (exact) mass is 383 g/mol. The first-order valence-electron chi connectivity index (χ1n) is 9.40. The molecule has 28 heavy (non-hydrogen) atoms. The molecule has 0 saturated carbocycles. The zero-order valence-corrected chi connectivity index (χ0v) is 15.6. The van der Waals surface area contributed by atoms with Gasteiger partial charge in [-0.1, -0.05) is 0 Å². The van der Waals surface area contributed by atoms with Crippen LogP contribution in [0.25, 0.3) is 10.9 Å². The minimum Gasteiger partial charge on any atom is -0.365 e. The normalized spacial score (nSPS) is 27.5. The molecule has 1 amide bonds. The van der Waals surface area contributed by atoms with Gasteiger partial charge in [-0.05, 0) is 31.2 Å². The number of benzene rings is 1. The van der Waals surface area contributed by atoms with Gasteiger partial charge in [0.2, 0.25) is 0 Å². The Morgan fingerprint density at radius 3 is 3.00 bits per heavy atom. The number of nitriles is 1. The molecule has 4 rings (SSSR count). The van der Waals surface area contributed by atoms with Crippen LogP contribution >= 0.6 is 0 Å². The van der Waals surface area contributed by atoms with Crippen LogP contribution in [0, 0.1) is 11.3 Å². The Bertz CT molecular complexity index is 930. The summed E-state index contributed by atoms with van der Waals surface area (Å²) >= 11 is 0. The van der Waals surface area contributed by atoms with E-state index in [1.165, 1.54) is 0 Å². The van der Waals surface area contributed by atoms with Gasteiger partial charge in [0.15, 0.2) is 6.10 Å². The van der Waals surface area contributed by atoms with E-state index in [1.807, 2.05) is 25.1 Å². The highest BCUT2D eigenvalue weighted by Crippen LogP contribution is 2.30. The molecule has 1 unspecified atom stereocenters. The Kier molecular flexibility index (Phi) is 5.11. The van der Waals surface area contributed by atoms with Gasteiger partial charge in [-0.15, -0.1) is 0 Å². The standard InChI is InChI=1S/C20H22FN5O2/c1-12-10-26(11-18(28-12)20(27)25-16-9-23-8-15(16)21)17-5-4-13(7-22)19-14(17)3-2-6-24-19/h2-6,12,15-16,18,23H,8-11H2,1H3,(H,25,27)/t12?,15-,16+,18-/m1/s1. The zero-order chi connectivity index (χ0) is 19.7. The number of hydrogen-bond acceptors (Lipinski definition) is 6. The summed E-state index contributed by atoms with van der Waals surface area (Å²) in [5.74, 6) is -0.302. The third kappa shape index (κ3) is 3.51. The van der Waals surface area contributed by atoms with E-state index in [1.54, 1.807) is 12.3 Å². The molecule has 0 bridgehead atoms. The summed E-state index contributed by atoms with van der Waals surface area (Å²) in [5.41, 5.74) is 2.05. The fourth-order valence-electron chi connectivity index (χ4n) is 3.88. The Morgan fingerprint density at radius 1 is 1.39 bits per heavy atom. The smallest absolute Gasteiger partial charge is 0.251 e. The molecule has 3 heterocycles. The van der Waals surface area contributed by atoms with Crippen LogP contribution in [0.15, 0.2) is 30.5 Å². The summed E-state index contributed by atoms with van der Waals surface area (Å²) in [7, 11) is 0. The number of alkyl halides is 1. The molecule has 2 aliphatic rings. The van der Waals surface area contributed by atoms with Crippen LogP contribution in [-0.2, 0) is 9.53 Å². The number of carbonyl (C=O) groups is 1. The van der Waals surface area contributed by atoms with Gasteiger partial charge < -0.3 is 20.3 Å². The third-order valence-corrected chi connectivity index (χ3v) is 5.23. The third-order valence-electron chi connectivity index (χ3n) is 5.23. The summed E-state index contributed by atoms with van der Waals surface area (Å²) in [6, 6.07) is 9.02. The van der Waals surface area contributed by atoms with E-state index in [9.17, 15) is 14.4 Å². The van der Waals surface area contributed by atoms with Crippen LogP contribution in [0.1, 0.15) is 12.5 Å². The summed E-state index contributed by atoms with van der Waals surface area (Å²) in [6.07, 6.45) is -0.294. The van der Waals surface area contributed by atoms with Crippen LogP contribution < -0.4 is 15.5 Å². The highest BCUT2D eigenvalue weighted by molar-refractivity contribution is 5.95. The lowest BCUT2D eigenvalue weighted by Gasteiger charge is -2.38. The van der Waals surface area contributed by atoms with Crippen molar-refractivity contribution in [3.05, 3.63) is 36.0 Å². The number of anilines is 1. The number of halogens is 1. The second kappa shape index (κ2) is 7.70. The van der Waals surface area contributed by atoms with E-state index in [2.05, 4.69) is 26.6 Å². The molecule has 2 N–H and O–H groups in total. The van der Waals surface area contributed by atoms with Crippen molar-refractivity contribution in [2.45, 2.75) is 31.3 Å². The highest BCUT2D eigenvalue weighted by Gasteiger charge is 2.35. The van der Waals surface area contributed by atoms with Crippen molar-refractivity contribution < 1.29 is 13.9 Å². The van der Waals surface area contributed by atoms with E-state index in [-0.39, 0.29) is 18.6 Å². The number of ether oxygens (including phenoxy) is 1. The van der Waals surface area contributed by atoms with E-state index in [0.29, 0.717) is 30.7 Å². The van der Waals surface area contributed by atoms with Crippen LogP contribution in [0.5, 0.6) is 0 Å². The number of nitrogens with one attached hydrogen (secondary N) is 2. The summed E-state index contributed by atoms with van der Waals surface area (Å²) in [5, 5.41) is 15.9. The topological polar surface area (TPSA) is 90.3 Å². The Labute approximate surface area is 162 Å². The maximum Gasteiger partial charge on any atom is 0.251 e. The van der Waals surface area contributed by atoms with Gasteiger partial charge in [-0.25, -0.2) is 4.39 Å². The van der Waals surface area contributed by atoms with E-state index < -0.39 is 18.3 Å². The number of nitrogens with zero attached hydrogens (tertiary/aromatic N) is 3. The highest BCUT2D eigenvalue weighted by atomic mass is 19.1. The molecule has 4 atom stereocenters. The van der Waals surface area contributed by atoms with Gasteiger partial charge in [-0.2, -0.15) is 5.26 Å². The summed E-state index contributed by atoms with van der Waals surface area (Å²) in [6.45, 7) is 3.54. The van der Waals surface area contributed by atoms with Gasteiger partial charge in [0, 0.05) is 36.9 Å². The molecule has 0 aliphatic carbocycles. The Morgan fingerprint density at radius 2 is 2.25 bits per heavy atom. The Balaban J connectivity index is 1.58. The molecule has 2 aromatic rings. The molecule has 0 radical (unpaired) electrons.